The van der Waals surface area contributed by atoms with Crippen LogP contribution in [0.2, 0.25) is 0 Å². The van der Waals surface area contributed by atoms with Crippen LogP contribution in [-0.2, 0) is 4.74 Å². The van der Waals surface area contributed by atoms with Crippen LogP contribution < -0.4 is 5.73 Å². The highest BCUT2D eigenvalue weighted by Crippen LogP contribution is 2.31. The Bertz CT molecular complexity index is 598. The number of carbonyl (C=O) groups is 1. The van der Waals surface area contributed by atoms with Crippen molar-refractivity contribution in [1.29, 1.82) is 0 Å². The Labute approximate surface area is 114 Å². The molecule has 7 heteroatoms. The number of hydrogen-bond acceptors (Lipinski definition) is 7. The first-order valence-electron chi connectivity index (χ1n) is 5.64. The molecule has 0 unspecified atom stereocenters. The standard InChI is InChI=1S/C12H13N3O3S/c1-3-17-11(16)8-4-5-10(9(13)6-8)19-12-15-14-7(2)18-12/h4-6H,3,13H2,1-2H3. The highest BCUT2D eigenvalue weighted by Gasteiger charge is 2.12. The quantitative estimate of drug-likeness (QED) is 0.678. The van der Waals surface area contributed by atoms with E-state index in [1.165, 1.54) is 11.8 Å². The molecule has 0 spiro atoms. The molecule has 1 aromatic heterocycles. The lowest BCUT2D eigenvalue weighted by molar-refractivity contribution is 0.0526. The van der Waals surface area contributed by atoms with E-state index in [0.717, 1.165) is 4.90 Å². The van der Waals surface area contributed by atoms with Gasteiger partial charge in [-0.05, 0) is 36.9 Å². The molecule has 1 aromatic carbocycles. The van der Waals surface area contributed by atoms with E-state index in [-0.39, 0.29) is 5.97 Å². The van der Waals surface area contributed by atoms with E-state index in [1.54, 1.807) is 32.0 Å². The number of nitrogens with zero attached hydrogens (tertiary/aromatic N) is 2. The van der Waals surface area contributed by atoms with Gasteiger partial charge >= 0.3 is 5.97 Å². The number of ether oxygens (including phenoxy) is 1. The van der Waals surface area contributed by atoms with Crippen molar-refractivity contribution in [1.82, 2.24) is 10.2 Å². The first-order valence-corrected chi connectivity index (χ1v) is 6.46. The minimum absolute atomic E-state index is 0.330. The lowest BCUT2D eigenvalue weighted by Crippen LogP contribution is -2.05. The van der Waals surface area contributed by atoms with E-state index in [9.17, 15) is 4.79 Å². The normalized spacial score (nSPS) is 10.4. The maximum Gasteiger partial charge on any atom is 0.338 e. The van der Waals surface area contributed by atoms with Gasteiger partial charge in [0.05, 0.1) is 12.2 Å². The third kappa shape index (κ3) is 3.25. The van der Waals surface area contributed by atoms with Gasteiger partial charge in [0.25, 0.3) is 5.22 Å². The van der Waals surface area contributed by atoms with Crippen LogP contribution in [0.4, 0.5) is 5.69 Å². The highest BCUT2D eigenvalue weighted by atomic mass is 32.2. The molecule has 6 nitrogen and oxygen atoms in total. The molecule has 2 N–H and O–H groups in total. The molecule has 0 amide bonds. The van der Waals surface area contributed by atoms with Crippen molar-refractivity contribution in [2.24, 2.45) is 0 Å². The Morgan fingerprint density at radius 2 is 2.26 bits per heavy atom. The van der Waals surface area contributed by atoms with Gasteiger partial charge in [0.1, 0.15) is 0 Å². The fraction of sp³-hybridized carbons (Fsp3) is 0.250. The van der Waals surface area contributed by atoms with Crippen molar-refractivity contribution >= 4 is 23.4 Å². The molecule has 1 heterocycles. The summed E-state index contributed by atoms with van der Waals surface area (Å²) in [5.41, 5.74) is 6.78. The fourth-order valence-electron chi connectivity index (χ4n) is 1.40. The van der Waals surface area contributed by atoms with Gasteiger partial charge in [-0.3, -0.25) is 0 Å². The zero-order chi connectivity index (χ0) is 13.8. The smallest absolute Gasteiger partial charge is 0.338 e. The van der Waals surface area contributed by atoms with Gasteiger partial charge in [-0.1, -0.05) is 0 Å². The van der Waals surface area contributed by atoms with Gasteiger partial charge in [-0.25, -0.2) is 4.79 Å². The first-order chi connectivity index (χ1) is 9.10. The average Bonchev–Trinajstić information content (AvgIpc) is 2.78. The molecule has 100 valence electrons. The van der Waals surface area contributed by atoms with Crippen LogP contribution in [0.3, 0.4) is 0 Å². The van der Waals surface area contributed by atoms with E-state index in [0.29, 0.717) is 29.0 Å². The number of hydrogen-bond donors (Lipinski definition) is 1. The molecule has 0 atom stereocenters. The molecule has 0 saturated heterocycles. The van der Waals surface area contributed by atoms with E-state index < -0.39 is 0 Å². The molecule has 2 aromatic rings. The fourth-order valence-corrected chi connectivity index (χ4v) is 2.14. The second-order valence-corrected chi connectivity index (χ2v) is 4.66. The number of nitrogen functional groups attached to an aromatic ring is 1. The summed E-state index contributed by atoms with van der Waals surface area (Å²) in [5, 5.41) is 8.01. The number of anilines is 1. The second kappa shape index (κ2) is 5.75. The lowest BCUT2D eigenvalue weighted by Gasteiger charge is -2.05. The Balaban J connectivity index is 2.17. The summed E-state index contributed by atoms with van der Waals surface area (Å²) in [5.74, 6) is 0.101. The molecule has 0 fully saturated rings. The van der Waals surface area contributed by atoms with Crippen molar-refractivity contribution in [2.75, 3.05) is 12.3 Å². The topological polar surface area (TPSA) is 91.2 Å². The van der Waals surface area contributed by atoms with E-state index in [2.05, 4.69) is 10.2 Å². The molecular formula is C12H13N3O3S. The predicted octanol–water partition coefficient (Wildman–Crippen LogP) is 2.29. The number of aryl methyl sites for hydroxylation is 1. The van der Waals surface area contributed by atoms with Crippen LogP contribution >= 0.6 is 11.8 Å². The average molecular weight is 279 g/mol. The Morgan fingerprint density at radius 3 is 2.84 bits per heavy atom. The van der Waals surface area contributed by atoms with Crippen LogP contribution in [-0.4, -0.2) is 22.8 Å². The summed E-state index contributed by atoms with van der Waals surface area (Å²) in [7, 11) is 0. The Kier molecular flexibility index (Phi) is 4.06. The first kappa shape index (κ1) is 13.4. The van der Waals surface area contributed by atoms with Gasteiger partial charge in [0, 0.05) is 17.5 Å². The SMILES string of the molecule is CCOC(=O)c1ccc(Sc2nnc(C)o2)c(N)c1. The number of esters is 1. The second-order valence-electron chi connectivity index (χ2n) is 3.66. The van der Waals surface area contributed by atoms with Crippen molar-refractivity contribution in [2.45, 2.75) is 24.0 Å². The van der Waals surface area contributed by atoms with Crippen molar-refractivity contribution in [3.63, 3.8) is 0 Å². The third-order valence-corrected chi connectivity index (χ3v) is 3.16. The van der Waals surface area contributed by atoms with Gasteiger partial charge in [0.15, 0.2) is 0 Å². The molecule has 0 aliphatic heterocycles. The lowest BCUT2D eigenvalue weighted by atomic mass is 10.2. The molecule has 19 heavy (non-hydrogen) atoms. The van der Waals surface area contributed by atoms with Gasteiger partial charge in [-0.15, -0.1) is 10.2 Å². The molecule has 0 saturated carbocycles. The minimum atomic E-state index is -0.389. The van der Waals surface area contributed by atoms with Crippen molar-refractivity contribution < 1.29 is 13.9 Å². The maximum absolute atomic E-state index is 11.5. The van der Waals surface area contributed by atoms with Crippen LogP contribution in [0, 0.1) is 6.92 Å². The molecule has 0 aliphatic rings. The molecule has 0 radical (unpaired) electrons. The van der Waals surface area contributed by atoms with Crippen LogP contribution in [0.15, 0.2) is 32.7 Å². The van der Waals surface area contributed by atoms with E-state index >= 15 is 0 Å². The Hall–Kier alpha value is -2.02. The molecule has 0 bridgehead atoms. The minimum Gasteiger partial charge on any atom is -0.462 e. The summed E-state index contributed by atoms with van der Waals surface area (Å²) in [6, 6.07) is 4.95. The molecule has 2 rings (SSSR count). The van der Waals surface area contributed by atoms with Gasteiger partial charge in [-0.2, -0.15) is 0 Å². The largest absolute Gasteiger partial charge is 0.462 e. The zero-order valence-corrected chi connectivity index (χ0v) is 11.4. The zero-order valence-electron chi connectivity index (χ0n) is 10.5. The molecular weight excluding hydrogens is 266 g/mol. The number of nitrogens with two attached hydrogens (primary N) is 1. The van der Waals surface area contributed by atoms with Crippen LogP contribution in [0.5, 0.6) is 0 Å². The monoisotopic (exact) mass is 279 g/mol. The van der Waals surface area contributed by atoms with Crippen molar-refractivity contribution in [3.8, 4) is 0 Å². The number of aromatic nitrogens is 2. The third-order valence-electron chi connectivity index (χ3n) is 2.23. The Morgan fingerprint density at radius 1 is 1.47 bits per heavy atom. The van der Waals surface area contributed by atoms with Crippen molar-refractivity contribution in [3.05, 3.63) is 29.7 Å². The summed E-state index contributed by atoms with van der Waals surface area (Å²) >= 11 is 1.25. The van der Waals surface area contributed by atoms with E-state index in [4.69, 9.17) is 14.9 Å². The summed E-state index contributed by atoms with van der Waals surface area (Å²) in [6.45, 7) is 3.80. The maximum atomic E-state index is 11.5. The predicted molar refractivity (Wildman–Crippen MR) is 70.0 cm³/mol. The van der Waals surface area contributed by atoms with Crippen LogP contribution in [0.25, 0.3) is 0 Å². The number of carbonyl (C=O) groups excluding carboxylic acids is 1. The number of rotatable bonds is 4. The summed E-state index contributed by atoms with van der Waals surface area (Å²) < 4.78 is 10.2. The van der Waals surface area contributed by atoms with Gasteiger partial charge < -0.3 is 14.9 Å². The van der Waals surface area contributed by atoms with E-state index in [1.807, 2.05) is 0 Å². The molecule has 0 aliphatic carbocycles. The number of benzene rings is 1. The highest BCUT2D eigenvalue weighted by molar-refractivity contribution is 7.99. The van der Waals surface area contributed by atoms with Crippen LogP contribution in [0.1, 0.15) is 23.2 Å². The summed E-state index contributed by atoms with van der Waals surface area (Å²) in [4.78, 5) is 12.3. The van der Waals surface area contributed by atoms with Gasteiger partial charge in [0.2, 0.25) is 5.89 Å². The summed E-state index contributed by atoms with van der Waals surface area (Å²) in [6.07, 6.45) is 0.